The van der Waals surface area contributed by atoms with Crippen LogP contribution in [0.1, 0.15) is 23.6 Å². The Morgan fingerprint density at radius 2 is 1.55 bits per heavy atom. The number of hydrogen-bond donors (Lipinski definition) is 2. The summed E-state index contributed by atoms with van der Waals surface area (Å²) in [6.45, 7) is 7.49. The number of anilines is 2. The number of rotatable bonds is 7. The predicted molar refractivity (Wildman–Crippen MR) is 123 cm³/mol. The van der Waals surface area contributed by atoms with E-state index in [2.05, 4.69) is 10.0 Å². The number of carbonyl (C=O) groups is 1. The molecule has 162 valence electrons. The van der Waals surface area contributed by atoms with Crippen LogP contribution < -0.4 is 14.8 Å². The molecule has 0 aliphatic carbocycles. The lowest BCUT2D eigenvalue weighted by atomic mass is 10.1. The van der Waals surface area contributed by atoms with Crippen molar-refractivity contribution in [1.29, 1.82) is 0 Å². The maximum Gasteiger partial charge on any atom is 0.265 e. The highest BCUT2D eigenvalue weighted by Crippen LogP contribution is 2.21. The molecule has 0 heterocycles. The van der Waals surface area contributed by atoms with Crippen molar-refractivity contribution in [2.24, 2.45) is 0 Å². The number of hydrogen-bond acceptors (Lipinski definition) is 4. The van der Waals surface area contributed by atoms with E-state index < -0.39 is 16.1 Å². The van der Waals surface area contributed by atoms with E-state index in [0.29, 0.717) is 17.1 Å². The second-order valence-electron chi connectivity index (χ2n) is 7.49. The summed E-state index contributed by atoms with van der Waals surface area (Å²) in [7, 11) is -3.74. The third-order valence-corrected chi connectivity index (χ3v) is 6.26. The zero-order valence-corrected chi connectivity index (χ0v) is 18.8. The van der Waals surface area contributed by atoms with Gasteiger partial charge in [-0.25, -0.2) is 8.42 Å². The normalized spacial score (nSPS) is 12.1. The number of amides is 1. The lowest BCUT2D eigenvalue weighted by Gasteiger charge is -2.15. The van der Waals surface area contributed by atoms with E-state index in [-0.39, 0.29) is 10.8 Å². The van der Waals surface area contributed by atoms with Crippen LogP contribution in [0.25, 0.3) is 0 Å². The Morgan fingerprint density at radius 3 is 2.19 bits per heavy atom. The van der Waals surface area contributed by atoms with Gasteiger partial charge in [-0.05, 0) is 92.9 Å². The maximum atomic E-state index is 12.7. The number of benzene rings is 3. The first kappa shape index (κ1) is 22.4. The molecule has 0 aliphatic rings. The highest BCUT2D eigenvalue weighted by molar-refractivity contribution is 7.92. The largest absolute Gasteiger partial charge is 0.481 e. The minimum absolute atomic E-state index is 0.104. The Kier molecular flexibility index (Phi) is 6.65. The SMILES string of the molecule is Cc1cccc(O[C@H](C)C(=O)Nc2ccc(S(=O)(=O)Nc3ccc(C)c(C)c3)cc2)c1. The smallest absolute Gasteiger partial charge is 0.265 e. The average Bonchev–Trinajstić information content (AvgIpc) is 2.71. The molecule has 0 bridgehead atoms. The van der Waals surface area contributed by atoms with Crippen molar-refractivity contribution in [3.05, 3.63) is 83.4 Å². The molecule has 0 saturated carbocycles. The van der Waals surface area contributed by atoms with E-state index in [1.54, 1.807) is 37.3 Å². The Hall–Kier alpha value is -3.32. The molecule has 7 heteroatoms. The van der Waals surface area contributed by atoms with Gasteiger partial charge in [0, 0.05) is 11.4 Å². The van der Waals surface area contributed by atoms with Crippen molar-refractivity contribution >= 4 is 27.3 Å². The Morgan fingerprint density at radius 1 is 0.871 bits per heavy atom. The Balaban J connectivity index is 1.64. The second kappa shape index (κ2) is 9.22. The molecule has 0 unspecified atom stereocenters. The fourth-order valence-corrected chi connectivity index (χ4v) is 3.98. The van der Waals surface area contributed by atoms with E-state index in [9.17, 15) is 13.2 Å². The van der Waals surface area contributed by atoms with Crippen molar-refractivity contribution in [2.45, 2.75) is 38.7 Å². The van der Waals surface area contributed by atoms with Crippen LogP contribution in [0.5, 0.6) is 5.75 Å². The molecule has 31 heavy (non-hydrogen) atoms. The zero-order chi connectivity index (χ0) is 22.6. The zero-order valence-electron chi connectivity index (χ0n) is 18.0. The first-order valence-corrected chi connectivity index (χ1v) is 11.4. The predicted octanol–water partition coefficient (Wildman–Crippen LogP) is 4.82. The third-order valence-electron chi connectivity index (χ3n) is 4.86. The lowest BCUT2D eigenvalue weighted by molar-refractivity contribution is -0.122. The van der Waals surface area contributed by atoms with Gasteiger partial charge >= 0.3 is 0 Å². The molecular weight excluding hydrogens is 412 g/mol. The molecule has 0 fully saturated rings. The average molecular weight is 439 g/mol. The maximum absolute atomic E-state index is 12.7. The quantitative estimate of drug-likeness (QED) is 0.554. The van der Waals surface area contributed by atoms with Crippen molar-refractivity contribution in [3.8, 4) is 5.75 Å². The molecule has 0 spiro atoms. The molecule has 3 aromatic carbocycles. The van der Waals surface area contributed by atoms with Gasteiger partial charge in [-0.1, -0.05) is 18.2 Å². The third kappa shape index (κ3) is 5.86. The van der Waals surface area contributed by atoms with Crippen LogP contribution in [0.15, 0.2) is 71.6 Å². The van der Waals surface area contributed by atoms with Gasteiger partial charge in [-0.3, -0.25) is 9.52 Å². The van der Waals surface area contributed by atoms with Crippen LogP contribution in [-0.4, -0.2) is 20.4 Å². The summed E-state index contributed by atoms with van der Waals surface area (Å²) >= 11 is 0. The van der Waals surface area contributed by atoms with E-state index in [1.807, 2.05) is 45.0 Å². The van der Waals surface area contributed by atoms with Crippen molar-refractivity contribution in [2.75, 3.05) is 10.0 Å². The molecule has 6 nitrogen and oxygen atoms in total. The molecule has 0 saturated heterocycles. The van der Waals surface area contributed by atoms with Crippen LogP contribution in [0, 0.1) is 20.8 Å². The van der Waals surface area contributed by atoms with Crippen LogP contribution in [0.3, 0.4) is 0 Å². The standard InChI is InChI=1S/C24H26N2O4S/c1-16-6-5-7-22(14-16)30-19(4)24(27)25-20-10-12-23(13-11-20)31(28,29)26-21-9-8-17(2)18(3)15-21/h5-15,19,26H,1-4H3,(H,25,27)/t19-/m1/s1. The number of sulfonamides is 1. The molecular formula is C24H26N2O4S. The van der Waals surface area contributed by atoms with Gasteiger partial charge in [0.25, 0.3) is 15.9 Å². The first-order valence-electron chi connectivity index (χ1n) is 9.88. The van der Waals surface area contributed by atoms with Crippen LogP contribution in [-0.2, 0) is 14.8 Å². The van der Waals surface area contributed by atoms with Crippen molar-refractivity contribution in [1.82, 2.24) is 0 Å². The molecule has 1 amide bonds. The van der Waals surface area contributed by atoms with E-state index >= 15 is 0 Å². The Labute approximate surface area is 183 Å². The Bertz CT molecular complexity index is 1190. The summed E-state index contributed by atoms with van der Waals surface area (Å²) < 4.78 is 33.6. The summed E-state index contributed by atoms with van der Waals surface area (Å²) in [5.74, 6) is 0.284. The van der Waals surface area contributed by atoms with Crippen molar-refractivity contribution < 1.29 is 17.9 Å². The van der Waals surface area contributed by atoms with Gasteiger partial charge in [0.15, 0.2) is 6.10 Å². The molecule has 0 aliphatic heterocycles. The number of aryl methyl sites for hydroxylation is 3. The molecule has 0 radical (unpaired) electrons. The second-order valence-corrected chi connectivity index (χ2v) is 9.18. The topological polar surface area (TPSA) is 84.5 Å². The molecule has 1 atom stereocenters. The summed E-state index contributed by atoms with van der Waals surface area (Å²) in [4.78, 5) is 12.5. The van der Waals surface area contributed by atoms with Crippen LogP contribution in [0.2, 0.25) is 0 Å². The fourth-order valence-electron chi connectivity index (χ4n) is 2.93. The minimum Gasteiger partial charge on any atom is -0.481 e. The summed E-state index contributed by atoms with van der Waals surface area (Å²) in [5.41, 5.74) is 4.11. The van der Waals surface area contributed by atoms with Crippen LogP contribution in [0.4, 0.5) is 11.4 Å². The monoisotopic (exact) mass is 438 g/mol. The van der Waals surface area contributed by atoms with Gasteiger partial charge in [0.1, 0.15) is 5.75 Å². The van der Waals surface area contributed by atoms with Gasteiger partial charge in [0.2, 0.25) is 0 Å². The highest BCUT2D eigenvalue weighted by Gasteiger charge is 2.17. The fraction of sp³-hybridized carbons (Fsp3) is 0.208. The van der Waals surface area contributed by atoms with E-state index in [1.165, 1.54) is 12.1 Å². The minimum atomic E-state index is -3.74. The summed E-state index contributed by atoms with van der Waals surface area (Å²) in [5, 5.41) is 2.74. The number of ether oxygens (including phenoxy) is 1. The van der Waals surface area contributed by atoms with E-state index in [4.69, 9.17) is 4.74 Å². The molecule has 2 N–H and O–H groups in total. The molecule has 3 aromatic rings. The van der Waals surface area contributed by atoms with Gasteiger partial charge < -0.3 is 10.1 Å². The number of nitrogens with one attached hydrogen (secondary N) is 2. The van der Waals surface area contributed by atoms with Crippen molar-refractivity contribution in [3.63, 3.8) is 0 Å². The van der Waals surface area contributed by atoms with Gasteiger partial charge in [-0.15, -0.1) is 0 Å². The summed E-state index contributed by atoms with van der Waals surface area (Å²) in [6.07, 6.45) is -0.711. The highest BCUT2D eigenvalue weighted by atomic mass is 32.2. The molecule has 3 rings (SSSR count). The van der Waals surface area contributed by atoms with Crippen LogP contribution >= 0.6 is 0 Å². The van der Waals surface area contributed by atoms with Gasteiger partial charge in [-0.2, -0.15) is 0 Å². The first-order chi connectivity index (χ1) is 14.6. The van der Waals surface area contributed by atoms with Gasteiger partial charge in [0.05, 0.1) is 4.90 Å². The van der Waals surface area contributed by atoms with E-state index in [0.717, 1.165) is 16.7 Å². The lowest BCUT2D eigenvalue weighted by Crippen LogP contribution is -2.30. The molecule has 0 aromatic heterocycles. The number of carbonyl (C=O) groups excluding carboxylic acids is 1. The summed E-state index contributed by atoms with van der Waals surface area (Å²) in [6, 6.07) is 18.8.